The summed E-state index contributed by atoms with van der Waals surface area (Å²) in [7, 11) is 3.33. The van der Waals surface area contributed by atoms with Gasteiger partial charge in [0.05, 0.1) is 30.8 Å². The van der Waals surface area contributed by atoms with E-state index in [4.69, 9.17) is 14.5 Å². The second-order valence-corrected chi connectivity index (χ2v) is 10.2. The highest BCUT2D eigenvalue weighted by Crippen LogP contribution is 2.40. The van der Waals surface area contributed by atoms with Crippen LogP contribution in [0.2, 0.25) is 0 Å². The van der Waals surface area contributed by atoms with Gasteiger partial charge in [0.25, 0.3) is 0 Å². The number of anilines is 1. The van der Waals surface area contributed by atoms with Crippen molar-refractivity contribution in [1.82, 2.24) is 15.2 Å². The molecule has 7 nitrogen and oxygen atoms in total. The van der Waals surface area contributed by atoms with Gasteiger partial charge in [-0.3, -0.25) is 4.79 Å². The molecule has 1 amide bonds. The van der Waals surface area contributed by atoms with Crippen molar-refractivity contribution in [3.63, 3.8) is 0 Å². The van der Waals surface area contributed by atoms with Crippen molar-refractivity contribution >= 4 is 22.5 Å². The van der Waals surface area contributed by atoms with Gasteiger partial charge < -0.3 is 24.6 Å². The number of piperidine rings is 1. The van der Waals surface area contributed by atoms with Gasteiger partial charge in [0.15, 0.2) is 11.6 Å². The summed E-state index contributed by atoms with van der Waals surface area (Å²) in [6.45, 7) is 4.91. The molecule has 36 heavy (non-hydrogen) atoms. The van der Waals surface area contributed by atoms with Crippen molar-refractivity contribution in [2.45, 2.75) is 6.42 Å². The Balaban J connectivity index is 1.36. The van der Waals surface area contributed by atoms with Crippen molar-refractivity contribution in [3.8, 4) is 22.8 Å². The van der Waals surface area contributed by atoms with Crippen molar-refractivity contribution in [2.24, 2.45) is 17.8 Å². The number of hydrogen-bond donors (Lipinski definition) is 1. The minimum absolute atomic E-state index is 0.0270. The molecule has 3 aliphatic heterocycles. The van der Waals surface area contributed by atoms with E-state index < -0.39 is 5.82 Å². The largest absolute Gasteiger partial charge is 0.494 e. The Hall–Kier alpha value is -3.39. The Morgan fingerprint density at radius 2 is 1.94 bits per heavy atom. The van der Waals surface area contributed by atoms with Gasteiger partial charge in [-0.2, -0.15) is 0 Å². The van der Waals surface area contributed by atoms with Crippen molar-refractivity contribution in [1.29, 1.82) is 0 Å². The molecule has 188 valence electrons. The summed E-state index contributed by atoms with van der Waals surface area (Å²) in [6.07, 6.45) is 0.986. The first-order valence-corrected chi connectivity index (χ1v) is 12.6. The monoisotopic (exact) mass is 490 g/mol. The number of methoxy groups -OCH3 is 1. The third-order valence-electron chi connectivity index (χ3n) is 7.87. The number of amides is 1. The van der Waals surface area contributed by atoms with Crippen LogP contribution in [-0.2, 0) is 4.79 Å². The molecule has 0 bridgehead atoms. The molecule has 0 aliphatic carbocycles. The van der Waals surface area contributed by atoms with E-state index in [0.717, 1.165) is 60.7 Å². The standard InChI is InChI=1S/C28H31FN4O3/c1-32-8-7-19-14-33(15-22(19)28(32)34)26-10-24(31-25-11-27(35-2)23(29)9-21(25)26)18-3-5-20(6-4-18)36-16-17-12-30-13-17/h3-6,9-11,17,19,22,30H,7-8,12-16H2,1-2H3. The van der Waals surface area contributed by atoms with Crippen LogP contribution < -0.4 is 19.7 Å². The van der Waals surface area contributed by atoms with Crippen LogP contribution in [0.5, 0.6) is 11.5 Å². The SMILES string of the molecule is COc1cc2nc(-c3ccc(OCC4CNC4)cc3)cc(N3CC4CCN(C)C(=O)C4C3)c2cc1F. The van der Waals surface area contributed by atoms with Crippen LogP contribution in [0, 0.1) is 23.6 Å². The Bertz CT molecular complexity index is 1290. The molecule has 6 rings (SSSR count). The highest BCUT2D eigenvalue weighted by Gasteiger charge is 2.42. The van der Waals surface area contributed by atoms with E-state index in [0.29, 0.717) is 30.5 Å². The van der Waals surface area contributed by atoms with E-state index in [2.05, 4.69) is 10.2 Å². The smallest absolute Gasteiger partial charge is 0.227 e. The number of nitrogens with one attached hydrogen (secondary N) is 1. The van der Waals surface area contributed by atoms with Crippen LogP contribution in [0.25, 0.3) is 22.2 Å². The van der Waals surface area contributed by atoms with Gasteiger partial charge in [-0.1, -0.05) is 0 Å². The van der Waals surface area contributed by atoms with Crippen LogP contribution >= 0.6 is 0 Å². The van der Waals surface area contributed by atoms with Gasteiger partial charge in [0.2, 0.25) is 5.91 Å². The molecular weight excluding hydrogens is 459 g/mol. The number of pyridine rings is 1. The minimum atomic E-state index is -0.420. The number of benzene rings is 2. The van der Waals surface area contributed by atoms with Gasteiger partial charge >= 0.3 is 0 Å². The summed E-state index contributed by atoms with van der Waals surface area (Å²) in [5.74, 6) is 1.64. The third-order valence-corrected chi connectivity index (χ3v) is 7.87. The average molecular weight is 491 g/mol. The Morgan fingerprint density at radius 3 is 2.67 bits per heavy atom. The van der Waals surface area contributed by atoms with E-state index in [1.165, 1.54) is 13.2 Å². The first kappa shape index (κ1) is 23.0. The number of halogens is 1. The van der Waals surface area contributed by atoms with Crippen molar-refractivity contribution < 1.29 is 18.7 Å². The average Bonchev–Trinajstić information content (AvgIpc) is 3.30. The molecule has 0 radical (unpaired) electrons. The predicted octanol–water partition coefficient (Wildman–Crippen LogP) is 3.56. The zero-order chi connectivity index (χ0) is 24.8. The molecule has 1 aromatic heterocycles. The molecular formula is C28H31FN4O3. The minimum Gasteiger partial charge on any atom is -0.494 e. The van der Waals surface area contributed by atoms with Crippen molar-refractivity contribution in [3.05, 3.63) is 48.3 Å². The molecule has 3 fully saturated rings. The molecule has 8 heteroatoms. The van der Waals surface area contributed by atoms with Gasteiger partial charge in [0.1, 0.15) is 5.75 Å². The number of carbonyl (C=O) groups excluding carboxylic acids is 1. The predicted molar refractivity (Wildman–Crippen MR) is 137 cm³/mol. The molecule has 3 aromatic rings. The number of fused-ring (bicyclic) bond motifs is 2. The lowest BCUT2D eigenvalue weighted by atomic mass is 9.88. The lowest BCUT2D eigenvalue weighted by Gasteiger charge is -2.30. The van der Waals surface area contributed by atoms with Crippen LogP contribution in [0.15, 0.2) is 42.5 Å². The van der Waals surface area contributed by atoms with E-state index in [1.807, 2.05) is 42.3 Å². The lowest BCUT2D eigenvalue weighted by molar-refractivity contribution is -0.137. The molecule has 3 aliphatic rings. The highest BCUT2D eigenvalue weighted by atomic mass is 19.1. The molecule has 2 unspecified atom stereocenters. The fourth-order valence-electron chi connectivity index (χ4n) is 5.57. The molecule has 0 spiro atoms. The molecule has 1 N–H and O–H groups in total. The molecule has 4 heterocycles. The number of rotatable bonds is 6. The second-order valence-electron chi connectivity index (χ2n) is 10.2. The number of likely N-dealkylation sites (tertiary alicyclic amines) is 1. The number of carbonyl (C=O) groups is 1. The summed E-state index contributed by atoms with van der Waals surface area (Å²) >= 11 is 0. The number of ether oxygens (including phenoxy) is 2. The number of aromatic nitrogens is 1. The molecule has 2 atom stereocenters. The summed E-state index contributed by atoms with van der Waals surface area (Å²) < 4.78 is 25.9. The van der Waals surface area contributed by atoms with Crippen LogP contribution in [0.3, 0.4) is 0 Å². The topological polar surface area (TPSA) is 66.9 Å². The van der Waals surface area contributed by atoms with Crippen LogP contribution in [0.4, 0.5) is 10.1 Å². The quantitative estimate of drug-likeness (QED) is 0.570. The fraction of sp³-hybridized carbons (Fsp3) is 0.429. The first-order valence-electron chi connectivity index (χ1n) is 12.6. The summed E-state index contributed by atoms with van der Waals surface area (Å²) in [5.41, 5.74) is 3.31. The highest BCUT2D eigenvalue weighted by molar-refractivity contribution is 5.96. The maximum Gasteiger partial charge on any atom is 0.227 e. The maximum absolute atomic E-state index is 14.8. The number of hydrogen-bond acceptors (Lipinski definition) is 6. The van der Waals surface area contributed by atoms with E-state index >= 15 is 0 Å². The molecule has 3 saturated heterocycles. The Kier molecular flexibility index (Phi) is 5.91. The van der Waals surface area contributed by atoms with Crippen molar-refractivity contribution in [2.75, 3.05) is 58.4 Å². The van der Waals surface area contributed by atoms with Crippen LogP contribution in [-0.4, -0.2) is 69.3 Å². The fourth-order valence-corrected chi connectivity index (χ4v) is 5.57. The second kappa shape index (κ2) is 9.24. The van der Waals surface area contributed by atoms with Gasteiger partial charge in [-0.05, 0) is 48.7 Å². The van der Waals surface area contributed by atoms with Crippen LogP contribution in [0.1, 0.15) is 6.42 Å². The third kappa shape index (κ3) is 4.13. The van der Waals surface area contributed by atoms with Gasteiger partial charge in [0, 0.05) is 68.4 Å². The van der Waals surface area contributed by atoms with E-state index in [-0.39, 0.29) is 17.6 Å². The van der Waals surface area contributed by atoms with Gasteiger partial charge in [-0.25, -0.2) is 9.37 Å². The Morgan fingerprint density at radius 1 is 1.14 bits per heavy atom. The van der Waals surface area contributed by atoms with E-state index in [1.54, 1.807) is 6.07 Å². The summed E-state index contributed by atoms with van der Waals surface area (Å²) in [6, 6.07) is 13.1. The molecule has 2 aromatic carbocycles. The van der Waals surface area contributed by atoms with Gasteiger partial charge in [-0.15, -0.1) is 0 Å². The number of nitrogens with zero attached hydrogens (tertiary/aromatic N) is 3. The first-order chi connectivity index (χ1) is 17.5. The molecule has 0 saturated carbocycles. The lowest BCUT2D eigenvalue weighted by Crippen LogP contribution is -2.45. The summed E-state index contributed by atoms with van der Waals surface area (Å²) in [4.78, 5) is 21.8. The maximum atomic E-state index is 14.8. The zero-order valence-corrected chi connectivity index (χ0v) is 20.7. The zero-order valence-electron chi connectivity index (χ0n) is 20.7. The normalized spacial score (nSPS) is 22.0. The summed E-state index contributed by atoms with van der Waals surface area (Å²) in [5, 5.41) is 3.99. The van der Waals surface area contributed by atoms with E-state index in [9.17, 15) is 9.18 Å². The Labute approximate surface area is 210 Å².